The van der Waals surface area contributed by atoms with Gasteiger partial charge < -0.3 is 9.47 Å². The van der Waals surface area contributed by atoms with Crippen molar-refractivity contribution in [3.05, 3.63) is 90.0 Å². The van der Waals surface area contributed by atoms with Crippen LogP contribution in [-0.2, 0) is 0 Å². The number of para-hydroxylation sites is 1. The van der Waals surface area contributed by atoms with Crippen molar-refractivity contribution in [1.82, 2.24) is 0 Å². The number of hydrogen-bond acceptors (Lipinski definition) is 3. The molecule has 0 aromatic heterocycles. The van der Waals surface area contributed by atoms with Gasteiger partial charge in [-0.2, -0.15) is 0 Å². The van der Waals surface area contributed by atoms with Gasteiger partial charge in [-0.1, -0.05) is 24.3 Å². The van der Waals surface area contributed by atoms with Crippen molar-refractivity contribution >= 4 is 5.78 Å². The summed E-state index contributed by atoms with van der Waals surface area (Å²) >= 11 is 0. The Balaban J connectivity index is 1.70. The molecule has 0 spiro atoms. The molecule has 1 atom stereocenters. The molecular formula is C21H16F2O3. The van der Waals surface area contributed by atoms with E-state index in [1.807, 2.05) is 30.3 Å². The maximum atomic E-state index is 13.3. The van der Waals surface area contributed by atoms with Crippen LogP contribution in [0.4, 0.5) is 8.78 Å². The van der Waals surface area contributed by atoms with Crippen molar-refractivity contribution in [1.29, 1.82) is 0 Å². The van der Waals surface area contributed by atoms with Crippen LogP contribution in [0, 0.1) is 11.6 Å². The van der Waals surface area contributed by atoms with Gasteiger partial charge in [-0.25, -0.2) is 8.78 Å². The molecule has 3 nitrogen and oxygen atoms in total. The monoisotopic (exact) mass is 354 g/mol. The third kappa shape index (κ3) is 4.25. The SMILES string of the molecule is C[C@@H](Oc1cccc(Oc2ccccc2)c1)C(=O)c1ccc(F)c(F)c1. The number of ether oxygens (including phenoxy) is 2. The van der Waals surface area contributed by atoms with E-state index in [-0.39, 0.29) is 5.56 Å². The van der Waals surface area contributed by atoms with Gasteiger partial charge in [0.1, 0.15) is 17.2 Å². The number of Topliss-reactive ketones (excluding diaryl/α,β-unsaturated/α-hetero) is 1. The number of benzene rings is 3. The van der Waals surface area contributed by atoms with Crippen molar-refractivity contribution in [3.63, 3.8) is 0 Å². The van der Waals surface area contributed by atoms with Gasteiger partial charge >= 0.3 is 0 Å². The Bertz CT molecular complexity index is 910. The van der Waals surface area contributed by atoms with E-state index in [1.54, 1.807) is 31.2 Å². The summed E-state index contributed by atoms with van der Waals surface area (Å²) in [6, 6.07) is 19.1. The molecule has 0 aliphatic carbocycles. The Hall–Kier alpha value is -3.21. The van der Waals surface area contributed by atoms with Gasteiger partial charge in [-0.05, 0) is 49.4 Å². The molecule has 3 aromatic rings. The lowest BCUT2D eigenvalue weighted by Gasteiger charge is -2.15. The third-order valence-corrected chi connectivity index (χ3v) is 3.67. The highest BCUT2D eigenvalue weighted by atomic mass is 19.2. The number of rotatable bonds is 6. The van der Waals surface area contributed by atoms with Crippen LogP contribution in [0.5, 0.6) is 17.2 Å². The lowest BCUT2D eigenvalue weighted by Crippen LogP contribution is -2.24. The standard InChI is InChI=1S/C21H16F2O3/c1-14(21(24)15-10-11-19(22)20(23)12-15)25-17-8-5-9-18(13-17)26-16-6-3-2-4-7-16/h2-14H,1H3/t14-/m1/s1. The molecule has 0 saturated heterocycles. The topological polar surface area (TPSA) is 35.5 Å². The third-order valence-electron chi connectivity index (χ3n) is 3.67. The minimum Gasteiger partial charge on any atom is -0.482 e. The Morgan fingerprint density at radius 2 is 1.50 bits per heavy atom. The van der Waals surface area contributed by atoms with Gasteiger partial charge in [0, 0.05) is 11.6 Å². The first-order valence-electron chi connectivity index (χ1n) is 8.02. The van der Waals surface area contributed by atoms with E-state index in [0.29, 0.717) is 17.2 Å². The number of carbonyl (C=O) groups excluding carboxylic acids is 1. The van der Waals surface area contributed by atoms with E-state index in [4.69, 9.17) is 9.47 Å². The molecule has 3 rings (SSSR count). The number of hydrogen-bond donors (Lipinski definition) is 0. The summed E-state index contributed by atoms with van der Waals surface area (Å²) in [5.41, 5.74) is 0.0492. The second-order valence-electron chi connectivity index (χ2n) is 5.64. The summed E-state index contributed by atoms with van der Waals surface area (Å²) < 4.78 is 37.7. The zero-order chi connectivity index (χ0) is 18.5. The van der Waals surface area contributed by atoms with E-state index < -0.39 is 23.5 Å². The largest absolute Gasteiger partial charge is 0.482 e. The highest BCUT2D eigenvalue weighted by Crippen LogP contribution is 2.26. The quantitative estimate of drug-likeness (QED) is 0.556. The fourth-order valence-electron chi connectivity index (χ4n) is 2.38. The highest BCUT2D eigenvalue weighted by Gasteiger charge is 2.18. The fourth-order valence-corrected chi connectivity index (χ4v) is 2.38. The first-order valence-corrected chi connectivity index (χ1v) is 8.02. The van der Waals surface area contributed by atoms with Gasteiger partial charge in [0.2, 0.25) is 5.78 Å². The molecule has 0 N–H and O–H groups in total. The maximum absolute atomic E-state index is 13.3. The van der Waals surface area contributed by atoms with Crippen LogP contribution in [-0.4, -0.2) is 11.9 Å². The first kappa shape index (κ1) is 17.6. The lowest BCUT2D eigenvalue weighted by atomic mass is 10.1. The average molecular weight is 354 g/mol. The summed E-state index contributed by atoms with van der Waals surface area (Å²) in [6.07, 6.45) is -0.869. The summed E-state index contributed by atoms with van der Waals surface area (Å²) in [6.45, 7) is 1.55. The van der Waals surface area contributed by atoms with Crippen molar-refractivity contribution in [2.75, 3.05) is 0 Å². The van der Waals surface area contributed by atoms with Crippen LogP contribution < -0.4 is 9.47 Å². The van der Waals surface area contributed by atoms with Crippen LogP contribution in [0.15, 0.2) is 72.8 Å². The smallest absolute Gasteiger partial charge is 0.203 e. The second kappa shape index (κ2) is 7.78. The van der Waals surface area contributed by atoms with Crippen LogP contribution in [0.1, 0.15) is 17.3 Å². The molecule has 0 unspecified atom stereocenters. The predicted molar refractivity (Wildman–Crippen MR) is 93.7 cm³/mol. The van der Waals surface area contributed by atoms with E-state index in [2.05, 4.69) is 0 Å². The summed E-state index contributed by atoms with van der Waals surface area (Å²) in [4.78, 5) is 12.3. The fraction of sp³-hybridized carbons (Fsp3) is 0.0952. The van der Waals surface area contributed by atoms with Gasteiger partial charge in [0.15, 0.2) is 17.7 Å². The normalized spacial score (nSPS) is 11.7. The summed E-state index contributed by atoms with van der Waals surface area (Å²) in [5.74, 6) is -0.848. The molecule has 0 saturated carbocycles. The van der Waals surface area contributed by atoms with Crippen molar-refractivity contribution in [3.8, 4) is 17.2 Å². The lowest BCUT2D eigenvalue weighted by molar-refractivity contribution is 0.0817. The van der Waals surface area contributed by atoms with Crippen molar-refractivity contribution in [2.45, 2.75) is 13.0 Å². The number of carbonyl (C=O) groups is 1. The van der Waals surface area contributed by atoms with Crippen LogP contribution in [0.3, 0.4) is 0 Å². The Morgan fingerprint density at radius 3 is 2.23 bits per heavy atom. The molecule has 3 aromatic carbocycles. The van der Waals surface area contributed by atoms with Crippen LogP contribution >= 0.6 is 0 Å². The molecule has 0 fully saturated rings. The molecule has 26 heavy (non-hydrogen) atoms. The zero-order valence-corrected chi connectivity index (χ0v) is 14.0. The Labute approximate surface area is 149 Å². The van der Waals surface area contributed by atoms with Gasteiger partial charge in [0.25, 0.3) is 0 Å². The minimum absolute atomic E-state index is 0.0492. The summed E-state index contributed by atoms with van der Waals surface area (Å²) in [5, 5.41) is 0. The number of halogens is 2. The van der Waals surface area contributed by atoms with E-state index in [9.17, 15) is 13.6 Å². The zero-order valence-electron chi connectivity index (χ0n) is 14.0. The maximum Gasteiger partial charge on any atom is 0.203 e. The molecule has 0 aliphatic rings. The van der Waals surface area contributed by atoms with Crippen molar-refractivity contribution < 1.29 is 23.0 Å². The van der Waals surface area contributed by atoms with Gasteiger partial charge in [0.05, 0.1) is 0 Å². The van der Waals surface area contributed by atoms with E-state index in [1.165, 1.54) is 6.07 Å². The average Bonchev–Trinajstić information content (AvgIpc) is 2.64. The molecule has 0 heterocycles. The molecule has 0 bridgehead atoms. The molecular weight excluding hydrogens is 338 g/mol. The first-order chi connectivity index (χ1) is 12.5. The van der Waals surface area contributed by atoms with Crippen molar-refractivity contribution in [2.24, 2.45) is 0 Å². The van der Waals surface area contributed by atoms with Gasteiger partial charge in [-0.3, -0.25) is 4.79 Å². The Kier molecular flexibility index (Phi) is 5.27. The van der Waals surface area contributed by atoms with Gasteiger partial charge in [-0.15, -0.1) is 0 Å². The minimum atomic E-state index is -1.07. The molecule has 132 valence electrons. The number of ketones is 1. The predicted octanol–water partition coefficient (Wildman–Crippen LogP) is 5.41. The molecule has 0 aliphatic heterocycles. The van der Waals surface area contributed by atoms with E-state index in [0.717, 1.165) is 12.1 Å². The van der Waals surface area contributed by atoms with Crippen LogP contribution in [0.25, 0.3) is 0 Å². The molecule has 5 heteroatoms. The van der Waals surface area contributed by atoms with Crippen LogP contribution in [0.2, 0.25) is 0 Å². The summed E-state index contributed by atoms with van der Waals surface area (Å²) in [7, 11) is 0. The highest BCUT2D eigenvalue weighted by molar-refractivity contribution is 5.99. The second-order valence-corrected chi connectivity index (χ2v) is 5.64. The molecule has 0 radical (unpaired) electrons. The van der Waals surface area contributed by atoms with E-state index >= 15 is 0 Å². The Morgan fingerprint density at radius 1 is 0.808 bits per heavy atom. The molecule has 0 amide bonds.